The zero-order chi connectivity index (χ0) is 13.0. The van der Waals surface area contributed by atoms with Crippen LogP contribution in [-0.2, 0) is 4.79 Å². The topological polar surface area (TPSA) is 66.4 Å². The number of hydrogen-bond donors (Lipinski definition) is 2. The van der Waals surface area contributed by atoms with Crippen LogP contribution in [0.15, 0.2) is 18.2 Å². The van der Waals surface area contributed by atoms with E-state index in [9.17, 15) is 19.1 Å². The van der Waals surface area contributed by atoms with Crippen LogP contribution in [0.1, 0.15) is 24.2 Å². The highest BCUT2D eigenvalue weighted by Crippen LogP contribution is 2.19. The summed E-state index contributed by atoms with van der Waals surface area (Å²) in [6.07, 6.45) is 0. The van der Waals surface area contributed by atoms with Crippen LogP contribution in [0.25, 0.3) is 0 Å². The lowest BCUT2D eigenvalue weighted by Crippen LogP contribution is -2.32. The summed E-state index contributed by atoms with van der Waals surface area (Å²) in [6.45, 7) is 3.23. The molecule has 0 atom stereocenters. The number of phenols is 1. The molecule has 1 rings (SSSR count). The van der Waals surface area contributed by atoms with Gasteiger partial charge in [-0.25, -0.2) is 4.39 Å². The van der Waals surface area contributed by atoms with Gasteiger partial charge in [0, 0.05) is 5.92 Å². The van der Waals surface area contributed by atoms with E-state index in [4.69, 9.17) is 0 Å². The number of nitrogens with one attached hydrogen (secondary N) is 1. The third kappa shape index (κ3) is 3.27. The monoisotopic (exact) mass is 239 g/mol. The molecule has 0 aromatic heterocycles. The van der Waals surface area contributed by atoms with Crippen molar-refractivity contribution in [1.82, 2.24) is 5.32 Å². The van der Waals surface area contributed by atoms with E-state index in [-0.39, 0.29) is 18.2 Å². The molecule has 1 aromatic rings. The van der Waals surface area contributed by atoms with Crippen molar-refractivity contribution >= 4 is 11.7 Å². The smallest absolute Gasteiger partial charge is 0.258 e. The Morgan fingerprint density at radius 3 is 2.59 bits per heavy atom. The van der Waals surface area contributed by atoms with Gasteiger partial charge in [-0.1, -0.05) is 19.9 Å². The first-order chi connectivity index (χ1) is 7.93. The van der Waals surface area contributed by atoms with E-state index >= 15 is 0 Å². The fourth-order valence-electron chi connectivity index (χ4n) is 1.20. The fraction of sp³-hybridized carbons (Fsp3) is 0.333. The van der Waals surface area contributed by atoms with Gasteiger partial charge in [-0.05, 0) is 12.1 Å². The summed E-state index contributed by atoms with van der Waals surface area (Å²) >= 11 is 0. The number of carbonyl (C=O) groups excluding carboxylic acids is 2. The maximum atomic E-state index is 13.3. The minimum Gasteiger partial charge on any atom is -0.507 e. The summed E-state index contributed by atoms with van der Waals surface area (Å²) < 4.78 is 13.3. The van der Waals surface area contributed by atoms with Gasteiger partial charge in [0.05, 0.1) is 6.54 Å². The fourth-order valence-corrected chi connectivity index (χ4v) is 1.20. The first kappa shape index (κ1) is 13.2. The van der Waals surface area contributed by atoms with Crippen molar-refractivity contribution in [1.29, 1.82) is 0 Å². The molecule has 2 N–H and O–H groups in total. The second-order valence-electron chi connectivity index (χ2n) is 3.94. The minimum atomic E-state index is -0.820. The number of carbonyl (C=O) groups is 2. The van der Waals surface area contributed by atoms with Crippen LogP contribution in [0.3, 0.4) is 0 Å². The van der Waals surface area contributed by atoms with Gasteiger partial charge in [-0.2, -0.15) is 0 Å². The van der Waals surface area contributed by atoms with Gasteiger partial charge in [-0.3, -0.25) is 9.59 Å². The predicted molar refractivity (Wildman–Crippen MR) is 60.2 cm³/mol. The highest BCUT2D eigenvalue weighted by atomic mass is 19.1. The van der Waals surface area contributed by atoms with Crippen molar-refractivity contribution in [3.63, 3.8) is 0 Å². The summed E-state index contributed by atoms with van der Waals surface area (Å²) in [7, 11) is 0. The van der Waals surface area contributed by atoms with Crippen molar-refractivity contribution in [2.75, 3.05) is 6.54 Å². The first-order valence-corrected chi connectivity index (χ1v) is 5.22. The SMILES string of the molecule is CC(C)C(=O)CNC(=O)c1c(O)cccc1F. The van der Waals surface area contributed by atoms with Gasteiger partial charge in [0.2, 0.25) is 0 Å². The molecule has 0 aliphatic rings. The van der Waals surface area contributed by atoms with E-state index in [2.05, 4.69) is 5.32 Å². The molecular weight excluding hydrogens is 225 g/mol. The number of amides is 1. The molecule has 0 saturated heterocycles. The number of halogens is 1. The lowest BCUT2D eigenvalue weighted by atomic mass is 10.1. The Kier molecular flexibility index (Phi) is 4.20. The molecule has 4 nitrogen and oxygen atoms in total. The van der Waals surface area contributed by atoms with Gasteiger partial charge in [0.1, 0.15) is 17.1 Å². The predicted octanol–water partition coefficient (Wildman–Crippen LogP) is 1.49. The summed E-state index contributed by atoms with van der Waals surface area (Å²) in [5, 5.41) is 11.6. The van der Waals surface area contributed by atoms with Gasteiger partial charge in [-0.15, -0.1) is 0 Å². The lowest BCUT2D eigenvalue weighted by Gasteiger charge is -2.08. The molecule has 5 heteroatoms. The third-order valence-corrected chi connectivity index (χ3v) is 2.29. The Balaban J connectivity index is 2.74. The molecule has 0 unspecified atom stereocenters. The molecule has 0 spiro atoms. The van der Waals surface area contributed by atoms with E-state index in [1.165, 1.54) is 12.1 Å². The van der Waals surface area contributed by atoms with Crippen LogP contribution < -0.4 is 5.32 Å². The maximum Gasteiger partial charge on any atom is 0.258 e. The molecule has 0 saturated carbocycles. The Labute approximate surface area is 98.5 Å². The van der Waals surface area contributed by atoms with Crippen molar-refractivity contribution < 1.29 is 19.1 Å². The normalized spacial score (nSPS) is 10.4. The molecule has 0 radical (unpaired) electrons. The summed E-state index contributed by atoms with van der Waals surface area (Å²) in [5.74, 6) is -2.42. The van der Waals surface area contributed by atoms with Gasteiger partial charge >= 0.3 is 0 Å². The number of benzene rings is 1. The number of rotatable bonds is 4. The molecule has 0 bridgehead atoms. The largest absolute Gasteiger partial charge is 0.507 e. The summed E-state index contributed by atoms with van der Waals surface area (Å²) in [4.78, 5) is 22.8. The molecule has 0 fully saturated rings. The van der Waals surface area contributed by atoms with E-state index in [0.29, 0.717) is 0 Å². The molecule has 92 valence electrons. The Hall–Kier alpha value is -1.91. The number of ketones is 1. The highest BCUT2D eigenvalue weighted by molar-refractivity contribution is 5.99. The van der Waals surface area contributed by atoms with Crippen molar-refractivity contribution in [3.05, 3.63) is 29.6 Å². The zero-order valence-electron chi connectivity index (χ0n) is 9.66. The maximum absolute atomic E-state index is 13.3. The highest BCUT2D eigenvalue weighted by Gasteiger charge is 2.17. The third-order valence-electron chi connectivity index (χ3n) is 2.29. The first-order valence-electron chi connectivity index (χ1n) is 5.22. The second-order valence-corrected chi connectivity index (χ2v) is 3.94. The number of hydrogen-bond acceptors (Lipinski definition) is 3. The molecule has 0 heterocycles. The summed E-state index contributed by atoms with van der Waals surface area (Å²) in [5.41, 5.74) is -0.441. The van der Waals surface area contributed by atoms with Crippen LogP contribution >= 0.6 is 0 Å². The van der Waals surface area contributed by atoms with Gasteiger partial charge in [0.25, 0.3) is 5.91 Å². The van der Waals surface area contributed by atoms with Crippen LogP contribution in [0, 0.1) is 11.7 Å². The van der Waals surface area contributed by atoms with Crippen LogP contribution in [0.4, 0.5) is 4.39 Å². The van der Waals surface area contributed by atoms with Crippen LogP contribution in [0.5, 0.6) is 5.75 Å². The number of Topliss-reactive ketones (excluding diaryl/α,β-unsaturated/α-hetero) is 1. The molecule has 1 amide bonds. The lowest BCUT2D eigenvalue weighted by molar-refractivity contribution is -0.120. The molecular formula is C12H14FNO3. The molecule has 0 aliphatic heterocycles. The Morgan fingerprint density at radius 2 is 2.06 bits per heavy atom. The van der Waals surface area contributed by atoms with Crippen molar-refractivity contribution in [2.45, 2.75) is 13.8 Å². The summed E-state index contributed by atoms with van der Waals surface area (Å²) in [6, 6.07) is 3.57. The standard InChI is InChI=1S/C12H14FNO3/c1-7(2)10(16)6-14-12(17)11-8(13)4-3-5-9(11)15/h3-5,7,15H,6H2,1-2H3,(H,14,17). The average Bonchev–Trinajstić information content (AvgIpc) is 2.25. The van der Waals surface area contributed by atoms with Crippen molar-refractivity contribution in [2.24, 2.45) is 5.92 Å². The van der Waals surface area contributed by atoms with Crippen LogP contribution in [0.2, 0.25) is 0 Å². The molecule has 1 aromatic carbocycles. The van der Waals surface area contributed by atoms with Gasteiger partial charge < -0.3 is 10.4 Å². The van der Waals surface area contributed by atoms with E-state index in [1.807, 2.05) is 0 Å². The number of aromatic hydroxyl groups is 1. The zero-order valence-corrected chi connectivity index (χ0v) is 9.66. The minimum absolute atomic E-state index is 0.158. The van der Waals surface area contributed by atoms with E-state index in [0.717, 1.165) is 6.07 Å². The van der Waals surface area contributed by atoms with Crippen LogP contribution in [-0.4, -0.2) is 23.3 Å². The van der Waals surface area contributed by atoms with E-state index in [1.54, 1.807) is 13.8 Å². The van der Waals surface area contributed by atoms with E-state index < -0.39 is 23.0 Å². The average molecular weight is 239 g/mol. The Bertz CT molecular complexity index is 423. The number of phenolic OH excluding ortho intramolecular Hbond substituents is 1. The molecule has 17 heavy (non-hydrogen) atoms. The molecule has 0 aliphatic carbocycles. The van der Waals surface area contributed by atoms with Crippen molar-refractivity contribution in [3.8, 4) is 5.75 Å². The second kappa shape index (κ2) is 5.43. The van der Waals surface area contributed by atoms with Gasteiger partial charge in [0.15, 0.2) is 5.78 Å². The quantitative estimate of drug-likeness (QED) is 0.836. The Morgan fingerprint density at radius 1 is 1.41 bits per heavy atom.